The second-order valence-corrected chi connectivity index (χ2v) is 3.72. The molecule has 0 aliphatic heterocycles. The fraction of sp³-hybridized carbons (Fsp3) is 0.750. The Morgan fingerprint density at radius 2 is 1.75 bits per heavy atom. The lowest BCUT2D eigenvalue weighted by atomic mass is 9.91. The van der Waals surface area contributed by atoms with Crippen molar-refractivity contribution < 1.29 is 9.59 Å². The molecule has 1 saturated carbocycles. The summed E-state index contributed by atoms with van der Waals surface area (Å²) in [5, 5.41) is 0. The summed E-state index contributed by atoms with van der Waals surface area (Å²) in [6.45, 7) is 3.79. The number of amides is 2. The predicted molar refractivity (Wildman–Crippen MR) is 43.8 cm³/mol. The third-order valence-electron chi connectivity index (χ3n) is 3.18. The molecule has 68 valence electrons. The Morgan fingerprint density at radius 3 is 1.83 bits per heavy atom. The first kappa shape index (κ1) is 9.03. The molecule has 1 aliphatic rings. The average Bonchev–Trinajstić information content (AvgIpc) is 2.59. The van der Waals surface area contributed by atoms with Crippen LogP contribution in [0.4, 0.5) is 0 Å². The van der Waals surface area contributed by atoms with Crippen LogP contribution >= 0.6 is 0 Å². The van der Waals surface area contributed by atoms with E-state index in [0.29, 0.717) is 6.42 Å². The van der Waals surface area contributed by atoms with Crippen molar-refractivity contribution >= 4 is 11.8 Å². The molecule has 1 aliphatic carbocycles. The zero-order valence-corrected chi connectivity index (χ0v) is 7.39. The zero-order chi connectivity index (χ0) is 9.57. The van der Waals surface area contributed by atoms with Gasteiger partial charge in [-0.2, -0.15) is 0 Å². The summed E-state index contributed by atoms with van der Waals surface area (Å²) in [6.07, 6.45) is 1.25. The van der Waals surface area contributed by atoms with Gasteiger partial charge in [-0.1, -0.05) is 13.8 Å². The van der Waals surface area contributed by atoms with E-state index in [4.69, 9.17) is 11.5 Å². The lowest BCUT2D eigenvalue weighted by Gasteiger charge is -2.14. The molecule has 1 atom stereocenters. The van der Waals surface area contributed by atoms with Gasteiger partial charge in [-0.3, -0.25) is 9.59 Å². The van der Waals surface area contributed by atoms with Crippen molar-refractivity contribution in [2.75, 3.05) is 0 Å². The molecule has 0 spiro atoms. The molecule has 0 radical (unpaired) electrons. The van der Waals surface area contributed by atoms with E-state index in [1.807, 2.05) is 13.8 Å². The summed E-state index contributed by atoms with van der Waals surface area (Å²) in [5.41, 5.74) is 8.92. The van der Waals surface area contributed by atoms with Crippen molar-refractivity contribution in [2.24, 2.45) is 22.3 Å². The Balaban J connectivity index is 2.97. The molecular formula is C8H14N2O2. The fourth-order valence-corrected chi connectivity index (χ4v) is 1.86. The average molecular weight is 170 g/mol. The van der Waals surface area contributed by atoms with Gasteiger partial charge in [-0.05, 0) is 18.3 Å². The van der Waals surface area contributed by atoms with Crippen LogP contribution in [0.5, 0.6) is 0 Å². The summed E-state index contributed by atoms with van der Waals surface area (Å²) in [6, 6.07) is 0. The Hall–Kier alpha value is -1.06. The molecule has 4 N–H and O–H groups in total. The highest BCUT2D eigenvalue weighted by atomic mass is 16.2. The molecule has 0 heterocycles. The van der Waals surface area contributed by atoms with E-state index in [0.717, 1.165) is 6.42 Å². The largest absolute Gasteiger partial charge is 0.369 e. The van der Waals surface area contributed by atoms with Crippen molar-refractivity contribution in [3.8, 4) is 0 Å². The number of primary amides is 2. The number of rotatable bonds is 3. The summed E-state index contributed by atoms with van der Waals surface area (Å²) in [5.74, 6) is -1.17. The number of nitrogens with two attached hydrogens (primary N) is 2. The topological polar surface area (TPSA) is 86.2 Å². The van der Waals surface area contributed by atoms with Crippen molar-refractivity contribution in [2.45, 2.75) is 26.7 Å². The van der Waals surface area contributed by atoms with E-state index in [2.05, 4.69) is 0 Å². The first-order valence-electron chi connectivity index (χ1n) is 4.00. The quantitative estimate of drug-likeness (QED) is 0.573. The van der Waals surface area contributed by atoms with Gasteiger partial charge in [-0.25, -0.2) is 0 Å². The van der Waals surface area contributed by atoms with Crippen molar-refractivity contribution in [1.82, 2.24) is 0 Å². The highest BCUT2D eigenvalue weighted by molar-refractivity contribution is 6.08. The van der Waals surface area contributed by atoms with Crippen LogP contribution in [-0.4, -0.2) is 11.8 Å². The summed E-state index contributed by atoms with van der Waals surface area (Å²) >= 11 is 0. The monoisotopic (exact) mass is 170 g/mol. The normalized spacial score (nSPS) is 31.2. The summed E-state index contributed by atoms with van der Waals surface area (Å²) < 4.78 is 0. The standard InChI is InChI=1S/C8H14N2O2/c1-3-7(2)4-8(7,5(9)11)6(10)12/h3-4H2,1-2H3,(H2,9,11)(H2,10,12)/t7-/m0/s1. The first-order chi connectivity index (χ1) is 5.40. The van der Waals surface area contributed by atoms with Crippen LogP contribution in [0.3, 0.4) is 0 Å². The number of hydrogen-bond acceptors (Lipinski definition) is 2. The van der Waals surface area contributed by atoms with E-state index in [9.17, 15) is 9.59 Å². The molecule has 4 heteroatoms. The van der Waals surface area contributed by atoms with E-state index in [1.54, 1.807) is 0 Å². The number of carbonyl (C=O) groups excluding carboxylic acids is 2. The minimum Gasteiger partial charge on any atom is -0.369 e. The third-order valence-corrected chi connectivity index (χ3v) is 3.18. The molecular weight excluding hydrogens is 156 g/mol. The van der Waals surface area contributed by atoms with Crippen LogP contribution in [0.15, 0.2) is 0 Å². The Labute approximate surface area is 71.3 Å². The second-order valence-electron chi connectivity index (χ2n) is 3.72. The van der Waals surface area contributed by atoms with Gasteiger partial charge in [0.1, 0.15) is 5.41 Å². The fourth-order valence-electron chi connectivity index (χ4n) is 1.86. The van der Waals surface area contributed by atoms with Crippen LogP contribution < -0.4 is 11.5 Å². The van der Waals surface area contributed by atoms with Crippen molar-refractivity contribution in [1.29, 1.82) is 0 Å². The summed E-state index contributed by atoms with van der Waals surface area (Å²) in [7, 11) is 0. The molecule has 1 fully saturated rings. The Morgan fingerprint density at radius 1 is 1.33 bits per heavy atom. The van der Waals surface area contributed by atoms with Crippen molar-refractivity contribution in [3.63, 3.8) is 0 Å². The number of carbonyl (C=O) groups is 2. The minimum atomic E-state index is -1.07. The van der Waals surface area contributed by atoms with E-state index >= 15 is 0 Å². The van der Waals surface area contributed by atoms with Gasteiger partial charge in [0, 0.05) is 0 Å². The maximum atomic E-state index is 11.0. The van der Waals surface area contributed by atoms with E-state index < -0.39 is 17.2 Å². The van der Waals surface area contributed by atoms with E-state index in [1.165, 1.54) is 0 Å². The highest BCUT2D eigenvalue weighted by Crippen LogP contribution is 2.65. The molecule has 0 saturated heterocycles. The molecule has 0 unspecified atom stereocenters. The van der Waals surface area contributed by atoms with Crippen LogP contribution in [0.1, 0.15) is 26.7 Å². The smallest absolute Gasteiger partial charge is 0.233 e. The van der Waals surface area contributed by atoms with Crippen molar-refractivity contribution in [3.05, 3.63) is 0 Å². The van der Waals surface area contributed by atoms with E-state index in [-0.39, 0.29) is 5.41 Å². The molecule has 0 aromatic heterocycles. The van der Waals surface area contributed by atoms with Gasteiger partial charge in [0.25, 0.3) is 0 Å². The van der Waals surface area contributed by atoms with Gasteiger partial charge in [0.2, 0.25) is 11.8 Å². The first-order valence-corrected chi connectivity index (χ1v) is 4.00. The molecule has 0 bridgehead atoms. The van der Waals surface area contributed by atoms with Crippen LogP contribution in [0.25, 0.3) is 0 Å². The Kier molecular flexibility index (Phi) is 1.67. The van der Waals surface area contributed by atoms with Gasteiger partial charge >= 0.3 is 0 Å². The Bertz CT molecular complexity index is 235. The molecule has 1 rings (SSSR count). The van der Waals surface area contributed by atoms with Crippen LogP contribution in [-0.2, 0) is 9.59 Å². The van der Waals surface area contributed by atoms with Crippen LogP contribution in [0.2, 0.25) is 0 Å². The molecule has 12 heavy (non-hydrogen) atoms. The second kappa shape index (κ2) is 2.21. The molecule has 2 amide bonds. The molecule has 0 aromatic carbocycles. The van der Waals surface area contributed by atoms with Gasteiger partial charge in [-0.15, -0.1) is 0 Å². The maximum Gasteiger partial charge on any atom is 0.233 e. The summed E-state index contributed by atoms with van der Waals surface area (Å²) in [4.78, 5) is 22.0. The van der Waals surface area contributed by atoms with Gasteiger partial charge < -0.3 is 11.5 Å². The lowest BCUT2D eigenvalue weighted by molar-refractivity contribution is -0.135. The predicted octanol–water partition coefficient (Wildman–Crippen LogP) is -0.237. The third kappa shape index (κ3) is 0.777. The molecule has 0 aromatic rings. The highest BCUT2D eigenvalue weighted by Gasteiger charge is 2.71. The van der Waals surface area contributed by atoms with Crippen LogP contribution in [0, 0.1) is 10.8 Å². The molecule has 4 nitrogen and oxygen atoms in total. The van der Waals surface area contributed by atoms with Gasteiger partial charge in [0.15, 0.2) is 0 Å². The lowest BCUT2D eigenvalue weighted by Crippen LogP contribution is -2.40. The van der Waals surface area contributed by atoms with Gasteiger partial charge in [0.05, 0.1) is 0 Å². The number of hydrogen-bond donors (Lipinski definition) is 2. The zero-order valence-electron chi connectivity index (χ0n) is 7.39. The maximum absolute atomic E-state index is 11.0. The minimum absolute atomic E-state index is 0.301. The SMILES string of the molecule is CC[C@@]1(C)CC1(C(N)=O)C(N)=O.